The highest BCUT2D eigenvalue weighted by molar-refractivity contribution is 6.23. The van der Waals surface area contributed by atoms with Crippen LogP contribution in [-0.2, 0) is 5.06 Å². The van der Waals surface area contributed by atoms with Gasteiger partial charge in [-0.2, -0.15) is 0 Å². The summed E-state index contributed by atoms with van der Waals surface area (Å²) in [5.41, 5.74) is 1.20. The van der Waals surface area contributed by atoms with E-state index in [9.17, 15) is 18.3 Å². The lowest BCUT2D eigenvalue weighted by Gasteiger charge is -2.33. The van der Waals surface area contributed by atoms with Gasteiger partial charge in [0, 0.05) is 16.8 Å². The van der Waals surface area contributed by atoms with Crippen molar-refractivity contribution in [3.8, 4) is 0 Å². The smallest absolute Gasteiger partial charge is 0.285 e. The zero-order valence-electron chi connectivity index (χ0n) is 15.6. The van der Waals surface area contributed by atoms with E-state index in [4.69, 9.17) is 11.6 Å². The standard InChI is InChI=1S/C23H18ClF4NO/c24-23(30,22(27)28)16-11-12-18-17(13-16)19(25)21(26)29(18)20(14-7-3-1-4-8-14)15-9-5-2-6-10-15/h1-13,19-22,30H. The third-order valence-corrected chi connectivity index (χ3v) is 5.70. The summed E-state index contributed by atoms with van der Waals surface area (Å²) >= 11 is 5.55. The number of hydrogen-bond donors (Lipinski definition) is 1. The van der Waals surface area contributed by atoms with E-state index in [0.717, 1.165) is 17.2 Å². The Bertz CT molecular complexity index is 977. The molecule has 0 bridgehead atoms. The van der Waals surface area contributed by atoms with Crippen molar-refractivity contribution < 1.29 is 22.7 Å². The number of anilines is 1. The molecule has 1 aliphatic rings. The van der Waals surface area contributed by atoms with Crippen molar-refractivity contribution in [1.29, 1.82) is 0 Å². The molecule has 4 rings (SSSR count). The lowest BCUT2D eigenvalue weighted by atomic mass is 9.96. The largest absolute Gasteiger partial charge is 0.366 e. The summed E-state index contributed by atoms with van der Waals surface area (Å²) in [5.74, 6) is 0. The minimum absolute atomic E-state index is 0.128. The van der Waals surface area contributed by atoms with Gasteiger partial charge in [-0.3, -0.25) is 0 Å². The van der Waals surface area contributed by atoms with Crippen LogP contribution >= 0.6 is 11.6 Å². The van der Waals surface area contributed by atoms with Crippen molar-refractivity contribution in [1.82, 2.24) is 0 Å². The van der Waals surface area contributed by atoms with Crippen LogP contribution in [0, 0.1) is 0 Å². The Balaban J connectivity index is 1.85. The van der Waals surface area contributed by atoms with Gasteiger partial charge in [-0.1, -0.05) is 78.3 Å². The molecule has 0 fully saturated rings. The molecule has 3 atom stereocenters. The molecule has 30 heavy (non-hydrogen) atoms. The zero-order chi connectivity index (χ0) is 21.5. The van der Waals surface area contributed by atoms with Crippen molar-refractivity contribution in [2.45, 2.75) is 30.0 Å². The van der Waals surface area contributed by atoms with E-state index in [0.29, 0.717) is 0 Å². The summed E-state index contributed by atoms with van der Waals surface area (Å²) in [6.07, 6.45) is -7.43. The second-order valence-corrected chi connectivity index (χ2v) is 7.73. The second kappa shape index (κ2) is 7.93. The zero-order valence-corrected chi connectivity index (χ0v) is 16.4. The topological polar surface area (TPSA) is 23.5 Å². The molecule has 1 N–H and O–H groups in total. The van der Waals surface area contributed by atoms with Gasteiger partial charge in [-0.15, -0.1) is 0 Å². The van der Waals surface area contributed by atoms with Crippen LogP contribution < -0.4 is 4.90 Å². The number of fused-ring (bicyclic) bond motifs is 1. The number of nitrogens with zero attached hydrogens (tertiary/aromatic N) is 1. The van der Waals surface area contributed by atoms with Crippen molar-refractivity contribution in [3.63, 3.8) is 0 Å². The predicted molar refractivity (Wildman–Crippen MR) is 108 cm³/mol. The first-order chi connectivity index (χ1) is 14.3. The summed E-state index contributed by atoms with van der Waals surface area (Å²) in [4.78, 5) is 1.30. The van der Waals surface area contributed by atoms with Crippen molar-refractivity contribution in [2.24, 2.45) is 0 Å². The number of aliphatic hydroxyl groups is 1. The molecule has 156 valence electrons. The molecule has 0 spiro atoms. The number of halogens is 5. The van der Waals surface area contributed by atoms with Gasteiger partial charge in [0.2, 0.25) is 11.4 Å². The molecule has 1 aliphatic heterocycles. The number of hydrogen-bond acceptors (Lipinski definition) is 2. The Morgan fingerprint density at radius 3 is 1.90 bits per heavy atom. The van der Waals surface area contributed by atoms with E-state index >= 15 is 4.39 Å². The Labute approximate surface area is 176 Å². The first-order valence-electron chi connectivity index (χ1n) is 9.32. The highest BCUT2D eigenvalue weighted by Gasteiger charge is 2.45. The summed E-state index contributed by atoms with van der Waals surface area (Å²) in [7, 11) is 0. The number of benzene rings is 3. The lowest BCUT2D eigenvalue weighted by molar-refractivity contribution is -0.0399. The lowest BCUT2D eigenvalue weighted by Crippen LogP contribution is -2.34. The van der Waals surface area contributed by atoms with Crippen molar-refractivity contribution >= 4 is 17.3 Å². The van der Waals surface area contributed by atoms with Crippen LogP contribution in [0.3, 0.4) is 0 Å². The monoisotopic (exact) mass is 435 g/mol. The van der Waals surface area contributed by atoms with Gasteiger partial charge in [0.25, 0.3) is 6.43 Å². The molecule has 0 aliphatic carbocycles. The van der Waals surface area contributed by atoms with E-state index in [1.165, 1.54) is 17.0 Å². The second-order valence-electron chi connectivity index (χ2n) is 7.15. The van der Waals surface area contributed by atoms with E-state index < -0.39 is 30.0 Å². The molecule has 0 saturated heterocycles. The average molecular weight is 436 g/mol. The van der Waals surface area contributed by atoms with Crippen LogP contribution in [0.15, 0.2) is 78.9 Å². The summed E-state index contributed by atoms with van der Waals surface area (Å²) in [6, 6.07) is 21.0. The van der Waals surface area contributed by atoms with Crippen LogP contribution in [0.2, 0.25) is 0 Å². The molecule has 7 heteroatoms. The Kier molecular flexibility index (Phi) is 5.47. The summed E-state index contributed by atoms with van der Waals surface area (Å²) < 4.78 is 56.5. The molecular weight excluding hydrogens is 418 g/mol. The highest BCUT2D eigenvalue weighted by atomic mass is 35.5. The third-order valence-electron chi connectivity index (χ3n) is 5.31. The Hall–Kier alpha value is -2.57. The first-order valence-corrected chi connectivity index (χ1v) is 9.70. The maximum atomic E-state index is 15.3. The van der Waals surface area contributed by atoms with Crippen LogP contribution in [0.25, 0.3) is 0 Å². The fourth-order valence-electron chi connectivity index (χ4n) is 3.84. The van der Waals surface area contributed by atoms with Gasteiger partial charge in [-0.25, -0.2) is 17.6 Å². The predicted octanol–water partition coefficient (Wildman–Crippen LogP) is 6.25. The van der Waals surface area contributed by atoms with Gasteiger partial charge in [0.15, 0.2) is 6.17 Å². The molecule has 0 saturated carbocycles. The maximum Gasteiger partial charge on any atom is 0.285 e. The molecule has 1 heterocycles. The normalized spacial score (nSPS) is 20.5. The van der Waals surface area contributed by atoms with Gasteiger partial charge >= 0.3 is 0 Å². The van der Waals surface area contributed by atoms with Crippen LogP contribution in [0.1, 0.15) is 34.5 Å². The SMILES string of the molecule is OC(Cl)(c1ccc2c(c1)C(F)C(F)N2C(c1ccccc1)c1ccccc1)C(F)F. The fraction of sp³-hybridized carbons (Fsp3) is 0.217. The molecule has 3 aromatic rings. The maximum absolute atomic E-state index is 15.3. The van der Waals surface area contributed by atoms with Crippen molar-refractivity contribution in [3.05, 3.63) is 101 Å². The fourth-order valence-corrected chi connectivity index (χ4v) is 3.96. The minimum Gasteiger partial charge on any atom is -0.366 e. The quantitative estimate of drug-likeness (QED) is 0.291. The summed E-state index contributed by atoms with van der Waals surface area (Å²) in [6.45, 7) is 0. The minimum atomic E-state index is -3.30. The number of alkyl halides is 5. The van der Waals surface area contributed by atoms with Crippen LogP contribution in [0.4, 0.5) is 23.2 Å². The molecule has 3 aromatic carbocycles. The van der Waals surface area contributed by atoms with Gasteiger partial charge in [-0.05, 0) is 23.3 Å². The van der Waals surface area contributed by atoms with Crippen LogP contribution in [-0.4, -0.2) is 17.8 Å². The van der Waals surface area contributed by atoms with E-state index in [2.05, 4.69) is 0 Å². The Morgan fingerprint density at radius 2 is 1.40 bits per heavy atom. The molecule has 0 radical (unpaired) electrons. The third kappa shape index (κ3) is 3.44. The highest BCUT2D eigenvalue weighted by Crippen LogP contribution is 2.50. The van der Waals surface area contributed by atoms with Gasteiger partial charge < -0.3 is 10.0 Å². The molecule has 3 unspecified atom stereocenters. The van der Waals surface area contributed by atoms with Crippen molar-refractivity contribution in [2.75, 3.05) is 4.90 Å². The van der Waals surface area contributed by atoms with E-state index in [1.54, 1.807) is 0 Å². The van der Waals surface area contributed by atoms with Gasteiger partial charge in [0.1, 0.15) is 0 Å². The first kappa shape index (κ1) is 20.7. The Morgan fingerprint density at radius 1 is 0.867 bits per heavy atom. The van der Waals surface area contributed by atoms with Gasteiger partial charge in [0.05, 0.1) is 6.04 Å². The van der Waals surface area contributed by atoms with Crippen LogP contribution in [0.5, 0.6) is 0 Å². The van der Waals surface area contributed by atoms with E-state index in [-0.39, 0.29) is 16.8 Å². The molecule has 0 amide bonds. The summed E-state index contributed by atoms with van der Waals surface area (Å²) in [5, 5.41) is 6.88. The molecule has 0 aromatic heterocycles. The average Bonchev–Trinajstić information content (AvgIpc) is 3.00. The molecular formula is C23H18ClF4NO. The molecule has 2 nitrogen and oxygen atoms in total. The number of rotatable bonds is 5. The van der Waals surface area contributed by atoms with E-state index in [1.807, 2.05) is 60.7 Å².